The molecule has 2 aromatic carbocycles. The number of benzene rings is 2. The SMILES string of the molecule is Cn1c(-c2nccn2Cc2ccc(S(N)(=O)=O)cc2)nc2ccccc21. The topological polar surface area (TPSA) is 95.8 Å². The van der Waals surface area contributed by atoms with Crippen LogP contribution >= 0.6 is 0 Å². The van der Waals surface area contributed by atoms with Crippen LogP contribution in [0.2, 0.25) is 0 Å². The second-order valence-electron chi connectivity index (χ2n) is 6.05. The molecule has 0 unspecified atom stereocenters. The number of hydrogen-bond donors (Lipinski definition) is 1. The van der Waals surface area contributed by atoms with Gasteiger partial charge in [-0.15, -0.1) is 0 Å². The van der Waals surface area contributed by atoms with Gasteiger partial charge in [0, 0.05) is 26.0 Å². The third-order valence-electron chi connectivity index (χ3n) is 4.31. The molecule has 0 saturated heterocycles. The lowest BCUT2D eigenvalue weighted by Crippen LogP contribution is -2.12. The summed E-state index contributed by atoms with van der Waals surface area (Å²) in [6.07, 6.45) is 3.61. The van der Waals surface area contributed by atoms with Crippen molar-refractivity contribution in [2.45, 2.75) is 11.4 Å². The molecule has 8 heteroatoms. The summed E-state index contributed by atoms with van der Waals surface area (Å²) in [5.74, 6) is 1.52. The summed E-state index contributed by atoms with van der Waals surface area (Å²) in [7, 11) is -1.72. The van der Waals surface area contributed by atoms with Crippen molar-refractivity contribution >= 4 is 21.1 Å². The first kappa shape index (κ1) is 16.5. The van der Waals surface area contributed by atoms with Crippen molar-refractivity contribution in [1.82, 2.24) is 19.1 Å². The van der Waals surface area contributed by atoms with Crippen LogP contribution in [0.1, 0.15) is 5.56 Å². The zero-order chi connectivity index (χ0) is 18.3. The number of rotatable bonds is 4. The molecule has 0 aliphatic rings. The Morgan fingerprint density at radius 2 is 1.77 bits per heavy atom. The summed E-state index contributed by atoms with van der Waals surface area (Å²) in [6, 6.07) is 14.4. The number of nitrogens with zero attached hydrogens (tertiary/aromatic N) is 4. The molecule has 132 valence electrons. The van der Waals surface area contributed by atoms with E-state index in [0.29, 0.717) is 6.54 Å². The number of fused-ring (bicyclic) bond motifs is 1. The van der Waals surface area contributed by atoms with Crippen molar-refractivity contribution in [3.8, 4) is 11.6 Å². The van der Waals surface area contributed by atoms with E-state index in [4.69, 9.17) is 5.14 Å². The Bertz CT molecular complexity index is 1190. The molecular weight excluding hydrogens is 350 g/mol. The molecule has 2 N–H and O–H groups in total. The Morgan fingerprint density at radius 3 is 2.46 bits per heavy atom. The quantitative estimate of drug-likeness (QED) is 0.598. The van der Waals surface area contributed by atoms with Crippen molar-refractivity contribution in [3.05, 3.63) is 66.5 Å². The minimum atomic E-state index is -3.69. The van der Waals surface area contributed by atoms with Crippen LogP contribution in [0.25, 0.3) is 22.7 Å². The number of sulfonamides is 1. The Hall–Kier alpha value is -2.97. The summed E-state index contributed by atoms with van der Waals surface area (Å²) in [5.41, 5.74) is 2.89. The van der Waals surface area contributed by atoms with E-state index in [2.05, 4.69) is 9.97 Å². The molecule has 0 aliphatic carbocycles. The summed E-state index contributed by atoms with van der Waals surface area (Å²) in [5, 5.41) is 5.14. The van der Waals surface area contributed by atoms with Gasteiger partial charge in [0.15, 0.2) is 11.6 Å². The van der Waals surface area contributed by atoms with Crippen LogP contribution in [-0.4, -0.2) is 27.5 Å². The van der Waals surface area contributed by atoms with E-state index < -0.39 is 10.0 Å². The highest BCUT2D eigenvalue weighted by Gasteiger charge is 2.15. The monoisotopic (exact) mass is 367 g/mol. The van der Waals surface area contributed by atoms with Gasteiger partial charge in [-0.05, 0) is 29.8 Å². The van der Waals surface area contributed by atoms with Gasteiger partial charge < -0.3 is 9.13 Å². The molecule has 4 aromatic rings. The molecule has 0 atom stereocenters. The van der Waals surface area contributed by atoms with Crippen molar-refractivity contribution in [2.24, 2.45) is 12.2 Å². The van der Waals surface area contributed by atoms with Gasteiger partial charge in [-0.25, -0.2) is 23.5 Å². The molecule has 7 nitrogen and oxygen atoms in total. The molecule has 4 rings (SSSR count). The first-order valence-electron chi connectivity index (χ1n) is 7.98. The van der Waals surface area contributed by atoms with Gasteiger partial charge in [-0.1, -0.05) is 24.3 Å². The number of imidazole rings is 2. The van der Waals surface area contributed by atoms with Crippen LogP contribution in [0.3, 0.4) is 0 Å². The maximum atomic E-state index is 11.4. The minimum absolute atomic E-state index is 0.0995. The summed E-state index contributed by atoms with van der Waals surface area (Å²) in [4.78, 5) is 9.25. The average Bonchev–Trinajstić information content (AvgIpc) is 3.19. The summed E-state index contributed by atoms with van der Waals surface area (Å²) < 4.78 is 26.7. The normalized spacial score (nSPS) is 11.9. The molecule has 0 saturated carbocycles. The number of aromatic nitrogens is 4. The molecule has 26 heavy (non-hydrogen) atoms. The molecule has 0 spiro atoms. The van der Waals surface area contributed by atoms with Gasteiger partial charge in [-0.2, -0.15) is 0 Å². The Labute approximate surface area is 150 Å². The third-order valence-corrected chi connectivity index (χ3v) is 5.24. The summed E-state index contributed by atoms with van der Waals surface area (Å²) in [6.45, 7) is 0.545. The van der Waals surface area contributed by atoms with Gasteiger partial charge in [0.25, 0.3) is 0 Å². The molecular formula is C18H17N5O2S. The third kappa shape index (κ3) is 2.89. The highest BCUT2D eigenvalue weighted by molar-refractivity contribution is 7.89. The maximum Gasteiger partial charge on any atom is 0.238 e. The predicted molar refractivity (Wildman–Crippen MR) is 98.9 cm³/mol. The van der Waals surface area contributed by atoms with Crippen LogP contribution < -0.4 is 5.14 Å². The number of primary sulfonamides is 1. The van der Waals surface area contributed by atoms with Crippen molar-refractivity contribution in [3.63, 3.8) is 0 Å². The van der Waals surface area contributed by atoms with Crippen molar-refractivity contribution in [1.29, 1.82) is 0 Å². The minimum Gasteiger partial charge on any atom is -0.324 e. The zero-order valence-corrected chi connectivity index (χ0v) is 14.9. The molecule has 0 bridgehead atoms. The lowest BCUT2D eigenvalue weighted by atomic mass is 10.2. The number of para-hydroxylation sites is 2. The number of aryl methyl sites for hydroxylation is 1. The lowest BCUT2D eigenvalue weighted by molar-refractivity contribution is 0.597. The van der Waals surface area contributed by atoms with E-state index in [-0.39, 0.29) is 4.90 Å². The molecule has 2 aromatic heterocycles. The average molecular weight is 367 g/mol. The maximum absolute atomic E-state index is 11.4. The van der Waals surface area contributed by atoms with Gasteiger partial charge in [0.05, 0.1) is 15.9 Å². The summed E-state index contributed by atoms with van der Waals surface area (Å²) >= 11 is 0. The van der Waals surface area contributed by atoms with E-state index in [1.165, 1.54) is 12.1 Å². The highest BCUT2D eigenvalue weighted by atomic mass is 32.2. The van der Waals surface area contributed by atoms with Crippen LogP contribution in [0.5, 0.6) is 0 Å². The van der Waals surface area contributed by atoms with Gasteiger partial charge in [0.1, 0.15) is 0 Å². The molecule has 2 heterocycles. The molecule has 0 aliphatic heterocycles. The fraction of sp³-hybridized carbons (Fsp3) is 0.111. The van der Waals surface area contributed by atoms with Gasteiger partial charge in [-0.3, -0.25) is 0 Å². The van der Waals surface area contributed by atoms with Crippen LogP contribution in [-0.2, 0) is 23.6 Å². The fourth-order valence-electron chi connectivity index (χ4n) is 2.97. The molecule has 0 fully saturated rings. The number of nitrogens with two attached hydrogens (primary N) is 1. The Kier molecular flexibility index (Phi) is 3.86. The molecule has 0 radical (unpaired) electrons. The largest absolute Gasteiger partial charge is 0.324 e. The number of hydrogen-bond acceptors (Lipinski definition) is 4. The Balaban J connectivity index is 1.70. The van der Waals surface area contributed by atoms with E-state index in [1.807, 2.05) is 46.6 Å². The first-order valence-corrected chi connectivity index (χ1v) is 9.53. The van der Waals surface area contributed by atoms with E-state index in [1.54, 1.807) is 18.3 Å². The van der Waals surface area contributed by atoms with E-state index in [9.17, 15) is 8.42 Å². The van der Waals surface area contributed by atoms with Gasteiger partial charge >= 0.3 is 0 Å². The molecule has 0 amide bonds. The van der Waals surface area contributed by atoms with E-state index >= 15 is 0 Å². The predicted octanol–water partition coefficient (Wildman–Crippen LogP) is 2.13. The standard InChI is InChI=1S/C18H17N5O2S/c1-22-16-5-3-2-4-15(16)21-18(22)17-20-10-11-23(17)12-13-6-8-14(9-7-13)26(19,24)25/h2-11H,12H2,1H3,(H2,19,24,25). The fourth-order valence-corrected chi connectivity index (χ4v) is 3.49. The van der Waals surface area contributed by atoms with Crippen LogP contribution in [0.15, 0.2) is 65.8 Å². The van der Waals surface area contributed by atoms with Crippen LogP contribution in [0, 0.1) is 0 Å². The second-order valence-corrected chi connectivity index (χ2v) is 7.61. The van der Waals surface area contributed by atoms with Gasteiger partial charge in [0.2, 0.25) is 10.0 Å². The van der Waals surface area contributed by atoms with E-state index in [0.717, 1.165) is 28.2 Å². The first-order chi connectivity index (χ1) is 12.4. The Morgan fingerprint density at radius 1 is 1.04 bits per heavy atom. The van der Waals surface area contributed by atoms with Crippen molar-refractivity contribution < 1.29 is 8.42 Å². The lowest BCUT2D eigenvalue weighted by Gasteiger charge is -2.09. The van der Waals surface area contributed by atoms with Crippen LogP contribution in [0.4, 0.5) is 0 Å². The van der Waals surface area contributed by atoms with Crippen molar-refractivity contribution in [2.75, 3.05) is 0 Å². The highest BCUT2D eigenvalue weighted by Crippen LogP contribution is 2.23. The zero-order valence-electron chi connectivity index (χ0n) is 14.1. The second kappa shape index (κ2) is 6.08. The smallest absolute Gasteiger partial charge is 0.238 e.